The minimum atomic E-state index is -1.66. The van der Waals surface area contributed by atoms with E-state index in [0.29, 0.717) is 45.2 Å². The molecule has 0 aromatic rings. The van der Waals surface area contributed by atoms with E-state index in [2.05, 4.69) is 20.8 Å². The second-order valence-electron chi connectivity index (χ2n) is 29.7. The lowest BCUT2D eigenvalue weighted by molar-refractivity contribution is -0.172. The highest BCUT2D eigenvalue weighted by Gasteiger charge is 2.45. The van der Waals surface area contributed by atoms with Crippen molar-refractivity contribution in [2.75, 3.05) is 99.4 Å². The number of esters is 3. The van der Waals surface area contributed by atoms with Gasteiger partial charge >= 0.3 is 47.8 Å². The Labute approximate surface area is 628 Å². The molecule has 0 aromatic carbocycles. The van der Waals surface area contributed by atoms with Crippen molar-refractivity contribution in [1.29, 1.82) is 0 Å². The largest absolute Gasteiger partial charge is 0.480 e. The summed E-state index contributed by atoms with van der Waals surface area (Å²) in [5.74, 6) is -8.97. The summed E-state index contributed by atoms with van der Waals surface area (Å²) in [6.45, 7) is 2.56. The van der Waals surface area contributed by atoms with Crippen LogP contribution in [0, 0.1) is 5.41 Å². The molecular weight excluding hydrogens is 1330 g/mol. The van der Waals surface area contributed by atoms with Crippen LogP contribution in [-0.4, -0.2) is 215 Å². The molecule has 0 aromatic heterocycles. The molecule has 0 saturated carbocycles. The Hall–Kier alpha value is -5.42. The molecule has 104 heavy (non-hydrogen) atoms. The molecule has 5 N–H and O–H groups in total. The van der Waals surface area contributed by atoms with Crippen molar-refractivity contribution in [2.45, 2.75) is 354 Å². The molecule has 0 heterocycles. The Kier molecular flexibility index (Phi) is 64.6. The highest BCUT2D eigenvalue weighted by Crippen LogP contribution is 2.27. The third-order valence-corrected chi connectivity index (χ3v) is 19.9. The predicted octanol–water partition coefficient (Wildman–Crippen LogP) is 16.2. The number of amides is 2. The van der Waals surface area contributed by atoms with E-state index in [4.69, 9.17) is 14.2 Å². The first kappa shape index (κ1) is 98.6. The Balaban J connectivity index is 5.99. The first-order valence-corrected chi connectivity index (χ1v) is 41.4. The number of carbonyl (C=O) groups is 10. The van der Waals surface area contributed by atoms with Crippen LogP contribution in [0.5, 0.6) is 0 Å². The fourth-order valence-electron chi connectivity index (χ4n) is 13.3. The van der Waals surface area contributed by atoms with Gasteiger partial charge in [-0.25, -0.2) is 0 Å². The van der Waals surface area contributed by atoms with E-state index in [-0.39, 0.29) is 45.4 Å². The minimum absolute atomic E-state index is 0.183. The van der Waals surface area contributed by atoms with Gasteiger partial charge < -0.3 is 49.5 Å². The fourth-order valence-corrected chi connectivity index (χ4v) is 13.3. The summed E-state index contributed by atoms with van der Waals surface area (Å²) in [4.78, 5) is 134. The van der Waals surface area contributed by atoms with Crippen LogP contribution in [0.1, 0.15) is 348 Å². The SMILES string of the molecule is CCCCCCCCCCCCCCCC(=O)OCC(COC(=O)CCCCCCCCCCCCCCC)(COC(=O)CCCCCCCCCCCCCCC)C(=O)N(C)CCCCCCCCCCN(C)C(=O)CC(C(=O)O)N(CCN(CC(=O)O)CC(=O)O)CCN(CC(=O)O)CC(=O)O. The van der Waals surface area contributed by atoms with E-state index in [0.717, 1.165) is 106 Å². The fraction of sp³-hybridized carbons (Fsp3) is 0.877. The quantitative estimate of drug-likeness (QED) is 0.0215. The second kappa shape index (κ2) is 68.1. The third kappa shape index (κ3) is 58.7. The number of hydrogen-bond donors (Lipinski definition) is 5. The zero-order valence-electron chi connectivity index (χ0n) is 66.1. The first-order chi connectivity index (χ1) is 50.1. The Morgan fingerprint density at radius 2 is 0.529 bits per heavy atom. The topological polar surface area (TPSA) is 316 Å². The number of ether oxygens (including phenoxy) is 3. The van der Waals surface area contributed by atoms with Crippen LogP contribution < -0.4 is 0 Å². The summed E-state index contributed by atoms with van der Waals surface area (Å²) in [5.41, 5.74) is -1.66. The van der Waals surface area contributed by atoms with Crippen molar-refractivity contribution in [3.63, 3.8) is 0 Å². The van der Waals surface area contributed by atoms with Gasteiger partial charge in [0.2, 0.25) is 11.8 Å². The maximum absolute atomic E-state index is 15.0. The van der Waals surface area contributed by atoms with Crippen LogP contribution in [-0.2, 0) is 62.2 Å². The first-order valence-electron chi connectivity index (χ1n) is 41.4. The number of rotatable bonds is 78. The van der Waals surface area contributed by atoms with Crippen LogP contribution in [0.25, 0.3) is 0 Å². The molecule has 23 heteroatoms. The van der Waals surface area contributed by atoms with E-state index in [1.807, 2.05) is 0 Å². The lowest BCUT2D eigenvalue weighted by Gasteiger charge is -2.34. The van der Waals surface area contributed by atoms with Crippen molar-refractivity contribution in [1.82, 2.24) is 24.5 Å². The molecule has 0 fully saturated rings. The second-order valence-corrected chi connectivity index (χ2v) is 29.7. The van der Waals surface area contributed by atoms with Gasteiger partial charge in [0.05, 0.1) is 32.6 Å². The smallest absolute Gasteiger partial charge is 0.321 e. The lowest BCUT2D eigenvalue weighted by Crippen LogP contribution is -2.52. The summed E-state index contributed by atoms with van der Waals surface area (Å²) in [6, 6.07) is -1.49. The van der Waals surface area contributed by atoms with Crippen LogP contribution in [0.4, 0.5) is 0 Å². The summed E-state index contributed by atoms with van der Waals surface area (Å²) in [5, 5.41) is 47.9. The van der Waals surface area contributed by atoms with E-state index in [1.165, 1.54) is 183 Å². The number of carbonyl (C=O) groups excluding carboxylic acids is 5. The number of hydrogen-bond acceptors (Lipinski definition) is 16. The molecule has 0 rings (SSSR count). The van der Waals surface area contributed by atoms with Gasteiger partial charge in [0.15, 0.2) is 5.41 Å². The van der Waals surface area contributed by atoms with Gasteiger partial charge in [-0.1, -0.05) is 290 Å². The highest BCUT2D eigenvalue weighted by molar-refractivity contribution is 5.85. The zero-order chi connectivity index (χ0) is 77.1. The van der Waals surface area contributed by atoms with Crippen molar-refractivity contribution >= 4 is 59.6 Å². The van der Waals surface area contributed by atoms with Gasteiger partial charge in [-0.15, -0.1) is 0 Å². The van der Waals surface area contributed by atoms with E-state index < -0.39 is 123 Å². The van der Waals surface area contributed by atoms with Crippen molar-refractivity contribution < 1.29 is 87.7 Å². The normalized spacial score (nSPS) is 11.9. The highest BCUT2D eigenvalue weighted by atomic mass is 16.6. The summed E-state index contributed by atoms with van der Waals surface area (Å²) >= 11 is 0. The molecule has 0 aliphatic rings. The molecular formula is C81H149N5O18. The van der Waals surface area contributed by atoms with Crippen LogP contribution >= 0.6 is 0 Å². The van der Waals surface area contributed by atoms with Gasteiger partial charge in [0.25, 0.3) is 0 Å². The maximum Gasteiger partial charge on any atom is 0.321 e. The molecule has 606 valence electrons. The number of unbranched alkanes of at least 4 members (excludes halogenated alkanes) is 43. The van der Waals surface area contributed by atoms with Gasteiger partial charge in [-0.05, 0) is 32.1 Å². The number of aliphatic carboxylic acids is 5. The molecule has 0 aliphatic heterocycles. The Morgan fingerprint density at radius 3 is 0.769 bits per heavy atom. The standard InChI is InChI=1S/C81H149N5O18/c1-6-9-12-15-18-21-24-27-30-33-38-43-48-53-76(96)102-67-81(68-103-77(97)54-49-44-39-34-31-28-25-22-19-16-13-10-7-2,69-104-78(98)55-50-45-40-35-32-29-26-23-20-17-14-11-8-3)80(101)83(5)57-52-47-42-37-36-41-46-51-56-82(4)71(87)62-70(79(99)100)86(60-58-84(63-72(88)89)64-73(90)91)61-59-85(65-74(92)93)66-75(94)95/h70H,6-69H2,1-5H3,(H,88,89)(H,90,91)(H,92,93)(H,94,95)(H,99,100). The van der Waals surface area contributed by atoms with E-state index in [1.54, 1.807) is 19.0 Å². The predicted molar refractivity (Wildman–Crippen MR) is 409 cm³/mol. The number of carboxylic acids is 5. The van der Waals surface area contributed by atoms with Crippen molar-refractivity contribution in [3.05, 3.63) is 0 Å². The van der Waals surface area contributed by atoms with Gasteiger partial charge in [0.1, 0.15) is 25.9 Å². The molecule has 2 amide bonds. The summed E-state index contributed by atoms with van der Waals surface area (Å²) in [7, 11) is 3.23. The van der Waals surface area contributed by atoms with Crippen molar-refractivity contribution in [3.8, 4) is 0 Å². The van der Waals surface area contributed by atoms with Crippen LogP contribution in [0.2, 0.25) is 0 Å². The van der Waals surface area contributed by atoms with E-state index >= 15 is 0 Å². The molecule has 1 unspecified atom stereocenters. The summed E-state index contributed by atoms with van der Waals surface area (Å²) in [6.07, 6.45) is 51.9. The van der Waals surface area contributed by atoms with Crippen molar-refractivity contribution in [2.24, 2.45) is 5.41 Å². The Bertz CT molecular complexity index is 2060. The lowest BCUT2D eigenvalue weighted by atomic mass is 9.88. The molecule has 0 aliphatic carbocycles. The third-order valence-electron chi connectivity index (χ3n) is 19.9. The molecule has 0 radical (unpaired) electrons. The monoisotopic (exact) mass is 1480 g/mol. The van der Waals surface area contributed by atoms with Gasteiger partial charge in [0, 0.05) is 72.6 Å². The minimum Gasteiger partial charge on any atom is -0.480 e. The molecule has 0 saturated heterocycles. The van der Waals surface area contributed by atoms with Crippen LogP contribution in [0.15, 0.2) is 0 Å². The zero-order valence-corrected chi connectivity index (χ0v) is 66.1. The maximum atomic E-state index is 15.0. The molecule has 0 bridgehead atoms. The Morgan fingerprint density at radius 1 is 0.298 bits per heavy atom. The molecule has 1 atom stereocenters. The molecule has 0 spiro atoms. The average molecular weight is 1480 g/mol. The summed E-state index contributed by atoms with van der Waals surface area (Å²) < 4.78 is 17.9. The molecule has 23 nitrogen and oxygen atoms in total. The average Bonchev–Trinajstić information content (AvgIpc) is 0.818. The van der Waals surface area contributed by atoms with E-state index in [9.17, 15) is 73.5 Å². The number of carboxylic acid groups (broad SMARTS) is 5. The van der Waals surface area contributed by atoms with Crippen LogP contribution in [0.3, 0.4) is 0 Å². The van der Waals surface area contributed by atoms with Gasteiger partial charge in [-0.3, -0.25) is 62.6 Å². The number of nitrogens with zero attached hydrogens (tertiary/aromatic N) is 5. The van der Waals surface area contributed by atoms with Gasteiger partial charge in [-0.2, -0.15) is 0 Å².